The Balaban J connectivity index is 1.68. The summed E-state index contributed by atoms with van der Waals surface area (Å²) < 4.78 is 2.22. The van der Waals surface area contributed by atoms with Gasteiger partial charge in [-0.3, -0.25) is 4.98 Å². The van der Waals surface area contributed by atoms with Crippen molar-refractivity contribution in [1.82, 2.24) is 19.9 Å². The van der Waals surface area contributed by atoms with E-state index in [0.29, 0.717) is 5.11 Å². The zero-order valence-corrected chi connectivity index (χ0v) is 19.2. The van der Waals surface area contributed by atoms with Gasteiger partial charge in [0, 0.05) is 29.5 Å². The molecule has 0 radical (unpaired) electrons. The van der Waals surface area contributed by atoms with Crippen molar-refractivity contribution in [3.63, 3.8) is 0 Å². The molecule has 3 aromatic heterocycles. The molecule has 1 saturated heterocycles. The third kappa shape index (κ3) is 3.46. The fourth-order valence-corrected chi connectivity index (χ4v) is 4.97. The first-order chi connectivity index (χ1) is 15.5. The van der Waals surface area contributed by atoms with Crippen LogP contribution in [0.25, 0.3) is 5.82 Å². The van der Waals surface area contributed by atoms with E-state index in [4.69, 9.17) is 12.2 Å². The molecule has 32 heavy (non-hydrogen) atoms. The van der Waals surface area contributed by atoms with Gasteiger partial charge in [0.05, 0.1) is 17.8 Å². The highest BCUT2D eigenvalue weighted by Gasteiger charge is 2.42. The number of rotatable bonds is 4. The molecule has 1 aromatic carbocycles. The standard InChI is InChI=1S/C26H25N5S/c1-17-12-14-28-23(15-17)30-18(2)16-21(19(30)3)25-24(22-11-7-8-13-27-22)29-26(32)31(25)20-9-5-4-6-10-20/h4-16,24-25H,1-3H3,(H,29,32)/t24-,25+/m1/s1. The minimum atomic E-state index is -0.0664. The first kappa shape index (κ1) is 20.4. The van der Waals surface area contributed by atoms with Crippen molar-refractivity contribution in [2.45, 2.75) is 32.9 Å². The van der Waals surface area contributed by atoms with E-state index in [0.717, 1.165) is 28.6 Å². The summed E-state index contributed by atoms with van der Waals surface area (Å²) in [5.41, 5.74) is 6.71. The lowest BCUT2D eigenvalue weighted by atomic mass is 9.96. The minimum absolute atomic E-state index is 0.0374. The largest absolute Gasteiger partial charge is 0.351 e. The van der Waals surface area contributed by atoms with Gasteiger partial charge in [0.2, 0.25) is 0 Å². The maximum Gasteiger partial charge on any atom is 0.174 e. The summed E-state index contributed by atoms with van der Waals surface area (Å²) in [5, 5.41) is 4.25. The molecule has 5 rings (SSSR count). The Kier molecular flexibility index (Phi) is 5.23. The summed E-state index contributed by atoms with van der Waals surface area (Å²) >= 11 is 5.84. The number of benzene rings is 1. The van der Waals surface area contributed by atoms with Crippen molar-refractivity contribution < 1.29 is 0 Å². The minimum Gasteiger partial charge on any atom is -0.351 e. The summed E-state index contributed by atoms with van der Waals surface area (Å²) in [6.45, 7) is 6.38. The zero-order valence-electron chi connectivity index (χ0n) is 18.4. The molecule has 0 spiro atoms. The monoisotopic (exact) mass is 439 g/mol. The summed E-state index contributed by atoms with van der Waals surface area (Å²) in [6, 6.07) is 22.6. The number of aryl methyl sites for hydroxylation is 2. The number of aromatic nitrogens is 3. The molecule has 160 valence electrons. The van der Waals surface area contributed by atoms with E-state index in [-0.39, 0.29) is 12.1 Å². The number of pyridine rings is 2. The van der Waals surface area contributed by atoms with E-state index in [1.807, 2.05) is 48.8 Å². The number of thiocarbonyl (C=S) groups is 1. The van der Waals surface area contributed by atoms with Crippen LogP contribution in [0.2, 0.25) is 0 Å². The Labute approximate surface area is 193 Å². The van der Waals surface area contributed by atoms with Crippen LogP contribution in [0.15, 0.2) is 79.1 Å². The van der Waals surface area contributed by atoms with E-state index in [1.54, 1.807) is 0 Å². The van der Waals surface area contributed by atoms with Gasteiger partial charge in [-0.2, -0.15) is 0 Å². The molecule has 0 amide bonds. The van der Waals surface area contributed by atoms with Gasteiger partial charge in [0.1, 0.15) is 5.82 Å². The maximum atomic E-state index is 5.84. The number of nitrogens with one attached hydrogen (secondary N) is 1. The van der Waals surface area contributed by atoms with Gasteiger partial charge in [-0.25, -0.2) is 4.98 Å². The summed E-state index contributed by atoms with van der Waals surface area (Å²) in [7, 11) is 0. The van der Waals surface area contributed by atoms with Crippen molar-refractivity contribution in [3.8, 4) is 5.82 Å². The van der Waals surface area contributed by atoms with E-state index in [2.05, 4.69) is 75.9 Å². The first-order valence-corrected chi connectivity index (χ1v) is 11.1. The Hall–Kier alpha value is -3.51. The second-order valence-electron chi connectivity index (χ2n) is 8.19. The smallest absolute Gasteiger partial charge is 0.174 e. The average Bonchev–Trinajstić information content (AvgIpc) is 3.30. The van der Waals surface area contributed by atoms with Gasteiger partial charge in [-0.1, -0.05) is 24.3 Å². The van der Waals surface area contributed by atoms with Crippen molar-refractivity contribution in [1.29, 1.82) is 0 Å². The van der Waals surface area contributed by atoms with Crippen LogP contribution >= 0.6 is 12.2 Å². The number of para-hydroxylation sites is 1. The molecule has 0 unspecified atom stereocenters. The molecule has 4 aromatic rings. The highest BCUT2D eigenvalue weighted by atomic mass is 32.1. The average molecular weight is 440 g/mol. The van der Waals surface area contributed by atoms with E-state index in [9.17, 15) is 0 Å². The molecular formula is C26H25N5S. The molecule has 1 fully saturated rings. The molecular weight excluding hydrogens is 414 g/mol. The lowest BCUT2D eigenvalue weighted by molar-refractivity contribution is 0.565. The van der Waals surface area contributed by atoms with Gasteiger partial charge in [-0.05, 0) is 86.6 Å². The summed E-state index contributed by atoms with van der Waals surface area (Å²) in [4.78, 5) is 11.5. The fourth-order valence-electron chi connectivity index (χ4n) is 4.62. The van der Waals surface area contributed by atoms with Crippen LogP contribution in [0.5, 0.6) is 0 Å². The van der Waals surface area contributed by atoms with Crippen LogP contribution < -0.4 is 10.2 Å². The van der Waals surface area contributed by atoms with Crippen LogP contribution in [0.4, 0.5) is 5.69 Å². The molecule has 6 heteroatoms. The van der Waals surface area contributed by atoms with Crippen molar-refractivity contribution in [2.75, 3.05) is 4.90 Å². The zero-order chi connectivity index (χ0) is 22.2. The molecule has 0 aliphatic carbocycles. The number of anilines is 1. The third-order valence-electron chi connectivity index (χ3n) is 6.05. The second-order valence-corrected chi connectivity index (χ2v) is 8.57. The molecule has 1 N–H and O–H groups in total. The van der Waals surface area contributed by atoms with Crippen LogP contribution in [0.1, 0.15) is 40.3 Å². The van der Waals surface area contributed by atoms with Crippen LogP contribution in [0, 0.1) is 20.8 Å². The highest BCUT2D eigenvalue weighted by molar-refractivity contribution is 7.80. The quantitative estimate of drug-likeness (QED) is 0.433. The Bertz CT molecular complexity index is 1270. The third-order valence-corrected chi connectivity index (χ3v) is 6.37. The van der Waals surface area contributed by atoms with Gasteiger partial charge >= 0.3 is 0 Å². The molecule has 0 bridgehead atoms. The van der Waals surface area contributed by atoms with Crippen molar-refractivity contribution in [3.05, 3.63) is 107 Å². The van der Waals surface area contributed by atoms with Crippen LogP contribution in [0.3, 0.4) is 0 Å². The number of hydrogen-bond acceptors (Lipinski definition) is 3. The normalized spacial score (nSPS) is 18.1. The molecule has 0 saturated carbocycles. The molecule has 5 nitrogen and oxygen atoms in total. The lowest BCUT2D eigenvalue weighted by Crippen LogP contribution is -2.29. The Morgan fingerprint density at radius 1 is 0.875 bits per heavy atom. The van der Waals surface area contributed by atoms with E-state index >= 15 is 0 Å². The molecule has 1 aliphatic heterocycles. The van der Waals surface area contributed by atoms with E-state index < -0.39 is 0 Å². The summed E-state index contributed by atoms with van der Waals surface area (Å²) in [5.74, 6) is 0.931. The van der Waals surface area contributed by atoms with Gasteiger partial charge in [0.25, 0.3) is 0 Å². The van der Waals surface area contributed by atoms with Crippen LogP contribution in [-0.2, 0) is 0 Å². The van der Waals surface area contributed by atoms with Gasteiger partial charge < -0.3 is 14.8 Å². The SMILES string of the molecule is Cc1ccnc(-n2c(C)cc([C@H]3[C@@H](c4ccccn4)NC(=S)N3c3ccccc3)c2C)c1. The summed E-state index contributed by atoms with van der Waals surface area (Å²) in [6.07, 6.45) is 3.70. The maximum absolute atomic E-state index is 5.84. The molecule has 4 heterocycles. The van der Waals surface area contributed by atoms with E-state index in [1.165, 1.54) is 11.1 Å². The Morgan fingerprint density at radius 2 is 1.66 bits per heavy atom. The topological polar surface area (TPSA) is 46.0 Å². The number of nitrogens with zero attached hydrogens (tertiary/aromatic N) is 4. The Morgan fingerprint density at radius 3 is 2.38 bits per heavy atom. The predicted octanol–water partition coefficient (Wildman–Crippen LogP) is 5.37. The lowest BCUT2D eigenvalue weighted by Gasteiger charge is -2.28. The highest BCUT2D eigenvalue weighted by Crippen LogP contribution is 2.43. The number of hydrogen-bond donors (Lipinski definition) is 1. The molecule has 2 atom stereocenters. The van der Waals surface area contributed by atoms with Crippen molar-refractivity contribution >= 4 is 23.0 Å². The fraction of sp³-hybridized carbons (Fsp3) is 0.192. The predicted molar refractivity (Wildman–Crippen MR) is 132 cm³/mol. The van der Waals surface area contributed by atoms with Crippen molar-refractivity contribution in [2.24, 2.45) is 0 Å². The second kappa shape index (κ2) is 8.20. The molecule has 1 aliphatic rings. The van der Waals surface area contributed by atoms with Crippen LogP contribution in [-0.4, -0.2) is 19.6 Å². The van der Waals surface area contributed by atoms with Gasteiger partial charge in [0.15, 0.2) is 5.11 Å². The first-order valence-electron chi connectivity index (χ1n) is 10.7. The van der Waals surface area contributed by atoms with Gasteiger partial charge in [-0.15, -0.1) is 0 Å².